The van der Waals surface area contributed by atoms with Crippen LogP contribution in [0.15, 0.2) is 22.7 Å². The number of nitro benzene ring substituents is 1. The maximum absolute atomic E-state index is 10.6. The molecule has 92 valence electrons. The van der Waals surface area contributed by atoms with E-state index in [4.69, 9.17) is 4.74 Å². The number of halogens is 1. The third-order valence-electron chi connectivity index (χ3n) is 2.50. The van der Waals surface area contributed by atoms with Gasteiger partial charge < -0.3 is 10.1 Å². The van der Waals surface area contributed by atoms with Gasteiger partial charge in [-0.3, -0.25) is 10.1 Å². The molecular weight excluding hydrogens is 288 g/mol. The molecule has 0 aliphatic heterocycles. The molecule has 0 unspecified atom stereocenters. The van der Waals surface area contributed by atoms with Crippen LogP contribution in [-0.4, -0.2) is 24.1 Å². The number of benzene rings is 1. The molecule has 1 fully saturated rings. The lowest BCUT2D eigenvalue weighted by molar-refractivity contribution is -0.385. The van der Waals surface area contributed by atoms with E-state index >= 15 is 0 Å². The predicted molar refractivity (Wildman–Crippen MR) is 67.3 cm³/mol. The van der Waals surface area contributed by atoms with Crippen molar-refractivity contribution in [2.45, 2.75) is 18.9 Å². The van der Waals surface area contributed by atoms with E-state index in [0.717, 1.165) is 11.0 Å². The molecule has 0 atom stereocenters. The Bertz CT molecular complexity index is 421. The maximum Gasteiger partial charge on any atom is 0.273 e. The Morgan fingerprint density at radius 2 is 2.29 bits per heavy atom. The van der Waals surface area contributed by atoms with Crippen LogP contribution in [0, 0.1) is 10.1 Å². The fourth-order valence-electron chi connectivity index (χ4n) is 1.43. The van der Waals surface area contributed by atoms with Crippen molar-refractivity contribution in [3.8, 4) is 5.75 Å². The number of ether oxygens (including phenoxy) is 1. The molecule has 0 bridgehead atoms. The molecule has 1 aromatic rings. The van der Waals surface area contributed by atoms with Gasteiger partial charge in [0.1, 0.15) is 12.4 Å². The number of non-ortho nitro benzene ring substituents is 1. The Balaban J connectivity index is 1.88. The summed E-state index contributed by atoms with van der Waals surface area (Å²) in [7, 11) is 0. The normalized spacial score (nSPS) is 14.6. The monoisotopic (exact) mass is 300 g/mol. The minimum atomic E-state index is -0.429. The van der Waals surface area contributed by atoms with Crippen molar-refractivity contribution in [3.05, 3.63) is 32.8 Å². The third kappa shape index (κ3) is 3.67. The molecule has 0 amide bonds. The van der Waals surface area contributed by atoms with Crippen LogP contribution in [-0.2, 0) is 0 Å². The van der Waals surface area contributed by atoms with Crippen LogP contribution in [0.4, 0.5) is 5.69 Å². The fraction of sp³-hybridized carbons (Fsp3) is 0.455. The van der Waals surface area contributed by atoms with Gasteiger partial charge in [-0.15, -0.1) is 0 Å². The van der Waals surface area contributed by atoms with E-state index in [0.29, 0.717) is 18.4 Å². The molecule has 0 saturated heterocycles. The first-order valence-electron chi connectivity index (χ1n) is 5.47. The van der Waals surface area contributed by atoms with Crippen molar-refractivity contribution in [1.29, 1.82) is 0 Å². The smallest absolute Gasteiger partial charge is 0.273 e. The Labute approximate surface area is 107 Å². The largest absolute Gasteiger partial charge is 0.491 e. The van der Waals surface area contributed by atoms with Crippen molar-refractivity contribution in [3.63, 3.8) is 0 Å². The molecule has 0 aromatic heterocycles. The van der Waals surface area contributed by atoms with Crippen molar-refractivity contribution in [2.75, 3.05) is 13.2 Å². The zero-order valence-corrected chi connectivity index (χ0v) is 10.8. The molecule has 6 heteroatoms. The lowest BCUT2D eigenvalue weighted by Gasteiger charge is -2.08. The molecule has 0 heterocycles. The summed E-state index contributed by atoms with van der Waals surface area (Å²) in [5.74, 6) is 0.511. The summed E-state index contributed by atoms with van der Waals surface area (Å²) >= 11 is 3.30. The van der Waals surface area contributed by atoms with Gasteiger partial charge in [0.25, 0.3) is 5.69 Å². The molecule has 1 N–H and O–H groups in total. The van der Waals surface area contributed by atoms with Crippen LogP contribution < -0.4 is 10.1 Å². The topological polar surface area (TPSA) is 64.4 Å². The molecule has 1 saturated carbocycles. The lowest BCUT2D eigenvalue weighted by Crippen LogP contribution is -2.22. The van der Waals surface area contributed by atoms with E-state index < -0.39 is 4.92 Å². The number of nitro groups is 1. The van der Waals surface area contributed by atoms with E-state index in [-0.39, 0.29) is 5.69 Å². The fourth-order valence-corrected chi connectivity index (χ4v) is 1.79. The van der Waals surface area contributed by atoms with Crippen LogP contribution in [0.5, 0.6) is 5.75 Å². The van der Waals surface area contributed by atoms with Crippen molar-refractivity contribution in [1.82, 2.24) is 5.32 Å². The summed E-state index contributed by atoms with van der Waals surface area (Å²) in [6.45, 7) is 1.27. The summed E-state index contributed by atoms with van der Waals surface area (Å²) in [5.41, 5.74) is 0.0401. The Hall–Kier alpha value is -1.14. The van der Waals surface area contributed by atoms with Crippen LogP contribution in [0.3, 0.4) is 0 Å². The molecule has 17 heavy (non-hydrogen) atoms. The third-order valence-corrected chi connectivity index (χ3v) is 3.15. The summed E-state index contributed by atoms with van der Waals surface area (Å²) < 4.78 is 6.22. The van der Waals surface area contributed by atoms with Gasteiger partial charge in [0, 0.05) is 18.7 Å². The summed E-state index contributed by atoms with van der Waals surface area (Å²) in [5, 5.41) is 13.9. The minimum absolute atomic E-state index is 0.0401. The first kappa shape index (κ1) is 12.3. The molecule has 2 rings (SSSR count). The number of rotatable bonds is 6. The predicted octanol–water partition coefficient (Wildman–Crippen LogP) is 2.49. The average Bonchev–Trinajstić information content (AvgIpc) is 3.10. The van der Waals surface area contributed by atoms with Gasteiger partial charge in [-0.2, -0.15) is 0 Å². The van der Waals surface area contributed by atoms with Gasteiger partial charge in [0.05, 0.1) is 15.5 Å². The Morgan fingerprint density at radius 3 is 2.94 bits per heavy atom. The highest BCUT2D eigenvalue weighted by Gasteiger charge is 2.19. The quantitative estimate of drug-likeness (QED) is 0.498. The molecule has 1 aliphatic rings. The summed E-state index contributed by atoms with van der Waals surface area (Å²) in [4.78, 5) is 10.2. The van der Waals surface area contributed by atoms with Crippen LogP contribution in [0.25, 0.3) is 0 Å². The maximum atomic E-state index is 10.6. The number of nitrogens with one attached hydrogen (secondary N) is 1. The number of nitrogens with zero attached hydrogens (tertiary/aromatic N) is 1. The van der Waals surface area contributed by atoms with Crippen LogP contribution in [0.1, 0.15) is 12.8 Å². The van der Waals surface area contributed by atoms with Gasteiger partial charge in [0.2, 0.25) is 0 Å². The second-order valence-electron chi connectivity index (χ2n) is 3.95. The van der Waals surface area contributed by atoms with Crippen LogP contribution >= 0.6 is 15.9 Å². The number of hydrogen-bond acceptors (Lipinski definition) is 4. The van der Waals surface area contributed by atoms with E-state index in [1.54, 1.807) is 6.07 Å². The zero-order chi connectivity index (χ0) is 12.3. The lowest BCUT2D eigenvalue weighted by atomic mass is 10.3. The second kappa shape index (κ2) is 5.46. The highest BCUT2D eigenvalue weighted by Crippen LogP contribution is 2.29. The second-order valence-corrected chi connectivity index (χ2v) is 4.80. The standard InChI is InChI=1S/C11H13BrN2O3/c12-10-4-3-9(14(15)16)7-11(10)17-6-5-13-8-1-2-8/h3-4,7-8,13H,1-2,5-6H2. The molecule has 1 aromatic carbocycles. The van der Waals surface area contributed by atoms with Gasteiger partial charge in [0.15, 0.2) is 0 Å². The van der Waals surface area contributed by atoms with Gasteiger partial charge in [-0.1, -0.05) is 0 Å². The van der Waals surface area contributed by atoms with E-state index in [1.165, 1.54) is 25.0 Å². The molecule has 0 spiro atoms. The SMILES string of the molecule is O=[N+]([O-])c1ccc(Br)c(OCCNC2CC2)c1. The molecule has 5 nitrogen and oxygen atoms in total. The first-order valence-corrected chi connectivity index (χ1v) is 6.26. The highest BCUT2D eigenvalue weighted by molar-refractivity contribution is 9.10. The van der Waals surface area contributed by atoms with Gasteiger partial charge in [-0.25, -0.2) is 0 Å². The van der Waals surface area contributed by atoms with Crippen molar-refractivity contribution < 1.29 is 9.66 Å². The highest BCUT2D eigenvalue weighted by atomic mass is 79.9. The van der Waals surface area contributed by atoms with Crippen LogP contribution in [0.2, 0.25) is 0 Å². The van der Waals surface area contributed by atoms with Crippen molar-refractivity contribution >= 4 is 21.6 Å². The zero-order valence-electron chi connectivity index (χ0n) is 9.19. The summed E-state index contributed by atoms with van der Waals surface area (Å²) in [6, 6.07) is 5.15. The minimum Gasteiger partial charge on any atom is -0.491 e. The van der Waals surface area contributed by atoms with Crippen molar-refractivity contribution in [2.24, 2.45) is 0 Å². The van der Waals surface area contributed by atoms with E-state index in [1.807, 2.05) is 0 Å². The summed E-state index contributed by atoms with van der Waals surface area (Å²) in [6.07, 6.45) is 2.47. The van der Waals surface area contributed by atoms with E-state index in [2.05, 4.69) is 21.2 Å². The average molecular weight is 301 g/mol. The first-order chi connectivity index (χ1) is 8.16. The molecule has 1 aliphatic carbocycles. The molecular formula is C11H13BrN2O3. The Kier molecular flexibility index (Phi) is 3.96. The number of hydrogen-bond donors (Lipinski definition) is 1. The molecule has 0 radical (unpaired) electrons. The van der Waals surface area contributed by atoms with Gasteiger partial charge >= 0.3 is 0 Å². The van der Waals surface area contributed by atoms with Gasteiger partial charge in [-0.05, 0) is 34.8 Å². The van der Waals surface area contributed by atoms with E-state index in [9.17, 15) is 10.1 Å². The Morgan fingerprint density at radius 1 is 1.53 bits per heavy atom.